The molecule has 0 atom stereocenters. The van der Waals surface area contributed by atoms with Gasteiger partial charge in [-0.25, -0.2) is 18.1 Å². The molecule has 8 heteroatoms. The third kappa shape index (κ3) is 6.55. The van der Waals surface area contributed by atoms with E-state index < -0.39 is 10.0 Å². The van der Waals surface area contributed by atoms with Crippen molar-refractivity contribution in [2.75, 3.05) is 37.4 Å². The monoisotopic (exact) mass is 479 g/mol. The molecule has 2 N–H and O–H groups in total. The maximum atomic E-state index is 12.3. The van der Waals surface area contributed by atoms with E-state index in [9.17, 15) is 8.42 Å². The lowest BCUT2D eigenvalue weighted by atomic mass is 9.82. The van der Waals surface area contributed by atoms with E-state index in [-0.39, 0.29) is 0 Å². The molecular weight excluding hydrogens is 446 g/mol. The number of hydrogen-bond acceptors (Lipinski definition) is 6. The highest BCUT2D eigenvalue weighted by atomic mass is 32.2. The van der Waals surface area contributed by atoms with Crippen molar-refractivity contribution in [1.82, 2.24) is 14.7 Å². The summed E-state index contributed by atoms with van der Waals surface area (Å²) in [7, 11) is 0.552. The standard InChI is InChI=1S/C26H33N5O2S/c1-31(2)25-23-10-6-7-11-24(23)29-26(30-25)27-18-21-12-14-22(15-13-21)19-28-34(32,33)17-16-20-8-4-3-5-9-20/h3-11,16-17,21-22,28H,12-15,18-19H2,1-2H3,(H,27,29,30). The molecule has 34 heavy (non-hydrogen) atoms. The van der Waals surface area contributed by atoms with E-state index in [0.717, 1.165) is 54.5 Å². The molecule has 1 aliphatic carbocycles. The van der Waals surface area contributed by atoms with Crippen molar-refractivity contribution in [3.05, 3.63) is 65.6 Å². The molecule has 0 saturated heterocycles. The smallest absolute Gasteiger partial charge is 0.233 e. The number of hydrogen-bond donors (Lipinski definition) is 2. The molecule has 0 bridgehead atoms. The highest BCUT2D eigenvalue weighted by Crippen LogP contribution is 2.29. The molecule has 0 unspecified atom stereocenters. The number of anilines is 2. The van der Waals surface area contributed by atoms with E-state index in [4.69, 9.17) is 4.98 Å². The van der Waals surface area contributed by atoms with E-state index in [1.807, 2.05) is 73.6 Å². The SMILES string of the molecule is CN(C)c1nc(NCC2CCC(CNS(=O)(=O)C=Cc3ccccc3)CC2)nc2ccccc12. The number of aromatic nitrogens is 2. The van der Waals surface area contributed by atoms with Gasteiger partial charge in [0.05, 0.1) is 5.52 Å². The Morgan fingerprint density at radius 1 is 0.912 bits per heavy atom. The zero-order chi connectivity index (χ0) is 24.0. The number of para-hydroxylation sites is 1. The maximum absolute atomic E-state index is 12.3. The van der Waals surface area contributed by atoms with Crippen LogP contribution in [0, 0.1) is 11.8 Å². The number of nitrogens with one attached hydrogen (secondary N) is 2. The fraction of sp³-hybridized carbons (Fsp3) is 0.385. The second kappa shape index (κ2) is 11.0. The van der Waals surface area contributed by atoms with Gasteiger partial charge in [-0.15, -0.1) is 0 Å². The van der Waals surface area contributed by atoms with Gasteiger partial charge in [-0.05, 0) is 61.3 Å². The third-order valence-electron chi connectivity index (χ3n) is 6.33. The summed E-state index contributed by atoms with van der Waals surface area (Å²) in [6.07, 6.45) is 5.78. The van der Waals surface area contributed by atoms with E-state index in [0.29, 0.717) is 24.3 Å². The van der Waals surface area contributed by atoms with Crippen molar-refractivity contribution in [2.45, 2.75) is 25.7 Å². The zero-order valence-electron chi connectivity index (χ0n) is 19.8. The Hall–Kier alpha value is -2.97. The predicted octanol–water partition coefficient (Wildman–Crippen LogP) is 4.50. The van der Waals surface area contributed by atoms with E-state index in [1.54, 1.807) is 6.08 Å². The normalized spacial score (nSPS) is 18.9. The van der Waals surface area contributed by atoms with Crippen molar-refractivity contribution in [1.29, 1.82) is 0 Å². The summed E-state index contributed by atoms with van der Waals surface area (Å²) in [5, 5.41) is 5.73. The van der Waals surface area contributed by atoms with Crippen LogP contribution in [0.1, 0.15) is 31.2 Å². The van der Waals surface area contributed by atoms with E-state index >= 15 is 0 Å². The highest BCUT2D eigenvalue weighted by Gasteiger charge is 2.22. The van der Waals surface area contributed by atoms with Crippen LogP contribution in [0.2, 0.25) is 0 Å². The second-order valence-corrected chi connectivity index (χ2v) is 10.8. The maximum Gasteiger partial charge on any atom is 0.233 e. The average molecular weight is 480 g/mol. The summed E-state index contributed by atoms with van der Waals surface area (Å²) in [4.78, 5) is 11.4. The van der Waals surface area contributed by atoms with Crippen molar-refractivity contribution in [2.24, 2.45) is 11.8 Å². The second-order valence-electron chi connectivity index (χ2n) is 9.16. The Morgan fingerprint density at radius 2 is 1.56 bits per heavy atom. The van der Waals surface area contributed by atoms with Crippen LogP contribution in [0.25, 0.3) is 17.0 Å². The summed E-state index contributed by atoms with van der Waals surface area (Å²) >= 11 is 0. The van der Waals surface area contributed by atoms with Gasteiger partial charge in [-0.1, -0.05) is 42.5 Å². The fourth-order valence-corrected chi connectivity index (χ4v) is 5.27. The number of sulfonamides is 1. The Kier molecular flexibility index (Phi) is 7.80. The molecule has 0 radical (unpaired) electrons. The quantitative estimate of drug-likeness (QED) is 0.470. The van der Waals surface area contributed by atoms with Crippen LogP contribution in [0.3, 0.4) is 0 Å². The minimum atomic E-state index is -3.43. The van der Waals surface area contributed by atoms with Gasteiger partial charge in [-0.3, -0.25) is 0 Å². The lowest BCUT2D eigenvalue weighted by molar-refractivity contribution is 0.284. The number of fused-ring (bicyclic) bond motifs is 1. The highest BCUT2D eigenvalue weighted by molar-refractivity contribution is 7.92. The van der Waals surface area contributed by atoms with Gasteiger partial charge >= 0.3 is 0 Å². The molecule has 1 aromatic heterocycles. The van der Waals surface area contributed by atoms with E-state index in [2.05, 4.69) is 15.0 Å². The van der Waals surface area contributed by atoms with Crippen LogP contribution < -0.4 is 14.9 Å². The molecule has 1 aliphatic rings. The van der Waals surface area contributed by atoms with Gasteiger partial charge in [0.25, 0.3) is 0 Å². The van der Waals surface area contributed by atoms with Crippen molar-refractivity contribution >= 4 is 38.8 Å². The lowest BCUT2D eigenvalue weighted by Crippen LogP contribution is -2.31. The molecular formula is C26H33N5O2S. The minimum absolute atomic E-state index is 0.369. The summed E-state index contributed by atoms with van der Waals surface area (Å²) in [6, 6.07) is 17.5. The fourth-order valence-electron chi connectivity index (χ4n) is 4.37. The summed E-state index contributed by atoms with van der Waals surface area (Å²) in [5.41, 5.74) is 1.80. The lowest BCUT2D eigenvalue weighted by Gasteiger charge is -2.28. The van der Waals surface area contributed by atoms with Gasteiger partial charge in [0.1, 0.15) is 5.82 Å². The van der Waals surface area contributed by atoms with Gasteiger partial charge in [0.15, 0.2) is 0 Å². The first-order chi connectivity index (χ1) is 16.4. The topological polar surface area (TPSA) is 87.2 Å². The Balaban J connectivity index is 1.25. The molecule has 1 heterocycles. The Morgan fingerprint density at radius 3 is 2.26 bits per heavy atom. The van der Waals surface area contributed by atoms with Crippen LogP contribution in [0.4, 0.5) is 11.8 Å². The molecule has 7 nitrogen and oxygen atoms in total. The van der Waals surface area contributed by atoms with Crippen LogP contribution in [-0.4, -0.2) is 45.6 Å². The van der Waals surface area contributed by atoms with Crippen molar-refractivity contribution in [3.8, 4) is 0 Å². The molecule has 2 aromatic carbocycles. The van der Waals surface area contributed by atoms with E-state index in [1.165, 1.54) is 5.41 Å². The molecule has 3 aromatic rings. The number of benzene rings is 2. The Bertz CT molecular complexity index is 1220. The molecule has 0 spiro atoms. The first-order valence-electron chi connectivity index (χ1n) is 11.8. The molecule has 4 rings (SSSR count). The van der Waals surface area contributed by atoms with Crippen LogP contribution in [0.15, 0.2) is 60.0 Å². The number of nitrogens with zero attached hydrogens (tertiary/aromatic N) is 3. The first kappa shape index (κ1) is 24.2. The summed E-state index contributed by atoms with van der Waals surface area (Å²) in [6.45, 7) is 1.31. The molecule has 0 amide bonds. The average Bonchev–Trinajstić information content (AvgIpc) is 2.86. The van der Waals surface area contributed by atoms with Crippen LogP contribution in [-0.2, 0) is 10.0 Å². The van der Waals surface area contributed by atoms with Crippen LogP contribution in [0.5, 0.6) is 0 Å². The van der Waals surface area contributed by atoms with Gasteiger partial charge < -0.3 is 10.2 Å². The van der Waals surface area contributed by atoms with Gasteiger partial charge in [-0.2, -0.15) is 4.98 Å². The van der Waals surface area contributed by atoms with Gasteiger partial charge in [0, 0.05) is 38.0 Å². The minimum Gasteiger partial charge on any atom is -0.362 e. The zero-order valence-corrected chi connectivity index (χ0v) is 20.6. The first-order valence-corrected chi connectivity index (χ1v) is 13.3. The molecule has 1 saturated carbocycles. The molecule has 1 fully saturated rings. The van der Waals surface area contributed by atoms with Crippen molar-refractivity contribution in [3.63, 3.8) is 0 Å². The Labute approximate surface area is 202 Å². The molecule has 180 valence electrons. The van der Waals surface area contributed by atoms with Gasteiger partial charge in [0.2, 0.25) is 16.0 Å². The van der Waals surface area contributed by atoms with Crippen molar-refractivity contribution < 1.29 is 8.42 Å². The third-order valence-corrected chi connectivity index (χ3v) is 7.40. The summed E-state index contributed by atoms with van der Waals surface area (Å²) in [5.74, 6) is 2.46. The summed E-state index contributed by atoms with van der Waals surface area (Å²) < 4.78 is 27.4. The predicted molar refractivity (Wildman–Crippen MR) is 140 cm³/mol. The number of rotatable bonds is 9. The largest absolute Gasteiger partial charge is 0.362 e. The molecule has 0 aliphatic heterocycles. The van der Waals surface area contributed by atoms with Crippen LogP contribution >= 0.6 is 0 Å².